The zero-order valence-electron chi connectivity index (χ0n) is 17.4. The molecule has 0 N–H and O–H groups in total. The molecule has 0 aromatic heterocycles. The lowest BCUT2D eigenvalue weighted by molar-refractivity contribution is -0.921. The summed E-state index contributed by atoms with van der Waals surface area (Å²) < 4.78 is 18.5. The minimum Gasteiger partial charge on any atom is -0.374 e. The summed E-state index contributed by atoms with van der Waals surface area (Å²) in [6.45, 7) is 10.5. The monoisotopic (exact) mass is 362 g/mol. The van der Waals surface area contributed by atoms with Crippen molar-refractivity contribution in [3.05, 3.63) is 0 Å². The molecule has 5 heteroatoms. The third kappa shape index (κ3) is 8.95. The number of quaternary nitrogens is 1. The van der Waals surface area contributed by atoms with Gasteiger partial charge in [-0.15, -0.1) is 0 Å². The average molecular weight is 363 g/mol. The minimum absolute atomic E-state index is 0.910. The van der Waals surface area contributed by atoms with E-state index in [0.29, 0.717) is 0 Å². The van der Waals surface area contributed by atoms with Gasteiger partial charge in [0.15, 0.2) is 0 Å². The van der Waals surface area contributed by atoms with E-state index in [9.17, 15) is 0 Å². The molecule has 0 atom stereocenters. The number of hydrogen-bond acceptors (Lipinski definition) is 3. The van der Waals surface area contributed by atoms with E-state index in [0.717, 1.165) is 10.7 Å². The SMILES string of the molecule is CCCCC[N+](CCCCC)(CCCCC)C[Si](OC)(OC)OC. The van der Waals surface area contributed by atoms with Gasteiger partial charge in [0.1, 0.15) is 6.17 Å². The van der Waals surface area contributed by atoms with Crippen molar-refractivity contribution in [3.63, 3.8) is 0 Å². The molecule has 0 aliphatic heterocycles. The van der Waals surface area contributed by atoms with Gasteiger partial charge in [0.2, 0.25) is 0 Å². The van der Waals surface area contributed by atoms with Crippen molar-refractivity contribution >= 4 is 8.80 Å². The summed E-state index contributed by atoms with van der Waals surface area (Å²) in [5.74, 6) is 0. The largest absolute Gasteiger partial charge is 0.558 e. The van der Waals surface area contributed by atoms with E-state index in [1.165, 1.54) is 77.4 Å². The topological polar surface area (TPSA) is 27.7 Å². The van der Waals surface area contributed by atoms with Crippen LogP contribution in [0.1, 0.15) is 78.6 Å². The van der Waals surface area contributed by atoms with Gasteiger partial charge < -0.3 is 17.8 Å². The zero-order valence-corrected chi connectivity index (χ0v) is 18.4. The average Bonchev–Trinajstić information content (AvgIpc) is 2.60. The van der Waals surface area contributed by atoms with Gasteiger partial charge in [-0.05, 0) is 38.5 Å². The van der Waals surface area contributed by atoms with Gasteiger partial charge in [-0.25, -0.2) is 0 Å². The molecule has 146 valence electrons. The first-order valence-corrected chi connectivity index (χ1v) is 12.0. The first kappa shape index (κ1) is 24.1. The van der Waals surface area contributed by atoms with Crippen molar-refractivity contribution in [1.82, 2.24) is 0 Å². The smallest absolute Gasteiger partial charge is 0.374 e. The van der Waals surface area contributed by atoms with Gasteiger partial charge >= 0.3 is 8.80 Å². The first-order valence-electron chi connectivity index (χ1n) is 10.1. The van der Waals surface area contributed by atoms with E-state index >= 15 is 0 Å². The summed E-state index contributed by atoms with van der Waals surface area (Å²) >= 11 is 0. The molecule has 4 nitrogen and oxygen atoms in total. The Morgan fingerprint density at radius 2 is 0.917 bits per heavy atom. The summed E-state index contributed by atoms with van der Waals surface area (Å²) in [6.07, 6.45) is 12.5. The molecule has 0 bridgehead atoms. The van der Waals surface area contributed by atoms with Crippen LogP contribution in [-0.4, -0.2) is 60.4 Å². The van der Waals surface area contributed by atoms with Crippen LogP contribution in [0.25, 0.3) is 0 Å². The highest BCUT2D eigenvalue weighted by Crippen LogP contribution is 2.21. The lowest BCUT2D eigenvalue weighted by Gasteiger charge is -2.42. The fourth-order valence-electron chi connectivity index (χ4n) is 3.52. The van der Waals surface area contributed by atoms with Crippen molar-refractivity contribution in [2.24, 2.45) is 0 Å². The molecular formula is C19H44NO3Si+. The van der Waals surface area contributed by atoms with Crippen LogP contribution in [0.2, 0.25) is 0 Å². The van der Waals surface area contributed by atoms with Crippen molar-refractivity contribution in [2.75, 3.05) is 47.1 Å². The Morgan fingerprint density at radius 3 is 1.17 bits per heavy atom. The molecule has 0 unspecified atom stereocenters. The Labute approximate surface area is 152 Å². The van der Waals surface area contributed by atoms with Gasteiger partial charge in [0, 0.05) is 21.3 Å². The highest BCUT2D eigenvalue weighted by atomic mass is 28.4. The number of hydrogen-bond donors (Lipinski definition) is 0. The maximum Gasteiger partial charge on any atom is 0.558 e. The van der Waals surface area contributed by atoms with Crippen LogP contribution in [0.3, 0.4) is 0 Å². The fourth-order valence-corrected chi connectivity index (χ4v) is 5.70. The number of rotatable bonds is 17. The van der Waals surface area contributed by atoms with E-state index in [2.05, 4.69) is 20.8 Å². The highest BCUT2D eigenvalue weighted by Gasteiger charge is 2.48. The third-order valence-electron chi connectivity index (χ3n) is 5.17. The van der Waals surface area contributed by atoms with Crippen LogP contribution in [0.15, 0.2) is 0 Å². The molecule has 0 saturated carbocycles. The van der Waals surface area contributed by atoms with Crippen molar-refractivity contribution in [3.8, 4) is 0 Å². The van der Waals surface area contributed by atoms with E-state index < -0.39 is 8.80 Å². The molecule has 0 rings (SSSR count). The first-order chi connectivity index (χ1) is 11.6. The maximum absolute atomic E-state index is 5.79. The molecule has 0 fully saturated rings. The molecule has 0 heterocycles. The molecule has 0 aromatic rings. The Hall–Kier alpha value is 0.0569. The molecule has 24 heavy (non-hydrogen) atoms. The second-order valence-electron chi connectivity index (χ2n) is 7.09. The lowest BCUT2D eigenvalue weighted by Crippen LogP contribution is -2.63. The van der Waals surface area contributed by atoms with Crippen LogP contribution < -0.4 is 0 Å². The standard InChI is InChI=1S/C19H44NO3Si/c1-7-10-13-16-20(17-14-11-8-2,18-15-12-9-3)19-24(21-4,22-5)23-6/h7-19H2,1-6H3/q+1. The van der Waals surface area contributed by atoms with E-state index in [1.807, 2.05) is 0 Å². The molecule has 0 saturated heterocycles. The van der Waals surface area contributed by atoms with Crippen LogP contribution >= 0.6 is 0 Å². The van der Waals surface area contributed by atoms with Crippen molar-refractivity contribution in [1.29, 1.82) is 0 Å². The number of nitrogens with zero attached hydrogens (tertiary/aromatic N) is 1. The van der Waals surface area contributed by atoms with Gasteiger partial charge in [0.05, 0.1) is 19.6 Å². The van der Waals surface area contributed by atoms with Gasteiger partial charge in [0.25, 0.3) is 0 Å². The van der Waals surface area contributed by atoms with Gasteiger partial charge in [-0.3, -0.25) is 0 Å². The summed E-state index contributed by atoms with van der Waals surface area (Å²) in [7, 11) is 2.68. The third-order valence-corrected chi connectivity index (χ3v) is 8.09. The second kappa shape index (κ2) is 14.2. The maximum atomic E-state index is 5.79. The van der Waals surface area contributed by atoms with E-state index in [-0.39, 0.29) is 0 Å². The Bertz CT molecular complexity index is 251. The molecule has 0 aromatic carbocycles. The summed E-state index contributed by atoms with van der Waals surface area (Å²) in [6, 6.07) is 0. The van der Waals surface area contributed by atoms with Crippen molar-refractivity contribution < 1.29 is 17.8 Å². The van der Waals surface area contributed by atoms with Crippen LogP contribution in [0.5, 0.6) is 0 Å². The Balaban J connectivity index is 5.23. The normalized spacial score (nSPS) is 12.8. The van der Waals surface area contributed by atoms with Crippen molar-refractivity contribution in [2.45, 2.75) is 78.6 Å². The van der Waals surface area contributed by atoms with Crippen LogP contribution in [0.4, 0.5) is 0 Å². The van der Waals surface area contributed by atoms with Gasteiger partial charge in [-0.2, -0.15) is 0 Å². The highest BCUT2D eigenvalue weighted by molar-refractivity contribution is 6.60. The molecular weight excluding hydrogens is 318 g/mol. The minimum atomic E-state index is -2.56. The molecule has 0 aliphatic carbocycles. The van der Waals surface area contributed by atoms with Crippen LogP contribution in [0, 0.1) is 0 Å². The fraction of sp³-hybridized carbons (Fsp3) is 1.00. The number of unbranched alkanes of at least 4 members (excludes halogenated alkanes) is 6. The quantitative estimate of drug-likeness (QED) is 0.211. The van der Waals surface area contributed by atoms with E-state index in [4.69, 9.17) is 13.3 Å². The predicted octanol–water partition coefficient (Wildman–Crippen LogP) is 4.79. The Kier molecular flexibility index (Phi) is 14.3. The molecule has 0 aliphatic rings. The molecule has 0 radical (unpaired) electrons. The Morgan fingerprint density at radius 1 is 0.583 bits per heavy atom. The van der Waals surface area contributed by atoms with Gasteiger partial charge in [-0.1, -0.05) is 40.0 Å². The zero-order chi connectivity index (χ0) is 18.3. The lowest BCUT2D eigenvalue weighted by atomic mass is 10.1. The summed E-state index contributed by atoms with van der Waals surface area (Å²) in [4.78, 5) is 0. The summed E-state index contributed by atoms with van der Waals surface area (Å²) in [5.41, 5.74) is 0. The van der Waals surface area contributed by atoms with Crippen LogP contribution in [-0.2, 0) is 13.3 Å². The second-order valence-corrected chi connectivity index (χ2v) is 9.99. The summed E-state index contributed by atoms with van der Waals surface area (Å²) in [5, 5.41) is 0. The predicted molar refractivity (Wildman–Crippen MR) is 105 cm³/mol. The molecule has 0 spiro atoms. The molecule has 0 amide bonds. The van der Waals surface area contributed by atoms with E-state index in [1.54, 1.807) is 21.3 Å².